The van der Waals surface area contributed by atoms with Crippen LogP contribution >= 0.6 is 11.6 Å². The first kappa shape index (κ1) is 12.2. The summed E-state index contributed by atoms with van der Waals surface area (Å²) in [5.41, 5.74) is 6.36. The summed E-state index contributed by atoms with van der Waals surface area (Å²) in [5, 5.41) is 3.27. The minimum atomic E-state index is -0.398. The van der Waals surface area contributed by atoms with Crippen molar-refractivity contribution in [3.8, 4) is 0 Å². The van der Waals surface area contributed by atoms with Gasteiger partial charge in [0, 0.05) is 5.69 Å². The van der Waals surface area contributed by atoms with Gasteiger partial charge < -0.3 is 15.8 Å². The fraction of sp³-hybridized carbons (Fsp3) is 0.417. The minimum absolute atomic E-state index is 0.0436. The second-order valence-electron chi connectivity index (χ2n) is 4.32. The van der Waals surface area contributed by atoms with Gasteiger partial charge in [-0.2, -0.15) is 0 Å². The molecule has 0 radical (unpaired) electrons. The molecule has 0 unspecified atom stereocenters. The van der Waals surface area contributed by atoms with Crippen LogP contribution in [0.1, 0.15) is 13.3 Å². The van der Waals surface area contributed by atoms with Gasteiger partial charge in [-0.15, -0.1) is 0 Å². The summed E-state index contributed by atoms with van der Waals surface area (Å²) in [6.07, 6.45) is 0.755. The average molecular weight is 255 g/mol. The summed E-state index contributed by atoms with van der Waals surface area (Å²) < 4.78 is 5.12. The average Bonchev–Trinajstić information content (AvgIpc) is 2.21. The van der Waals surface area contributed by atoms with Gasteiger partial charge in [0.25, 0.3) is 0 Å². The lowest BCUT2D eigenvalue weighted by Gasteiger charge is -2.39. The smallest absolute Gasteiger partial charge is 0.235 e. The van der Waals surface area contributed by atoms with Gasteiger partial charge in [0.15, 0.2) is 0 Å². The summed E-state index contributed by atoms with van der Waals surface area (Å²) >= 11 is 6.00. The van der Waals surface area contributed by atoms with Crippen LogP contribution in [0.5, 0.6) is 0 Å². The Kier molecular flexibility index (Phi) is 3.26. The van der Waals surface area contributed by atoms with Crippen molar-refractivity contribution in [2.24, 2.45) is 5.41 Å². The molecule has 1 aromatic rings. The van der Waals surface area contributed by atoms with Gasteiger partial charge in [-0.1, -0.05) is 18.5 Å². The van der Waals surface area contributed by atoms with Crippen LogP contribution in [0.4, 0.5) is 11.4 Å². The molecule has 5 heteroatoms. The molecule has 2 rings (SSSR count). The van der Waals surface area contributed by atoms with Crippen LogP contribution in [0, 0.1) is 5.41 Å². The van der Waals surface area contributed by atoms with Gasteiger partial charge >= 0.3 is 0 Å². The van der Waals surface area contributed by atoms with Crippen LogP contribution in [0.25, 0.3) is 0 Å². The van der Waals surface area contributed by atoms with E-state index in [1.807, 2.05) is 6.92 Å². The van der Waals surface area contributed by atoms with Crippen LogP contribution < -0.4 is 11.1 Å². The molecular formula is C12H15ClN2O2. The fourth-order valence-electron chi connectivity index (χ4n) is 1.73. The number of nitrogens with two attached hydrogens (primary N) is 1. The predicted molar refractivity (Wildman–Crippen MR) is 68.0 cm³/mol. The molecule has 0 atom stereocenters. The molecule has 4 nitrogen and oxygen atoms in total. The monoisotopic (exact) mass is 254 g/mol. The number of halogens is 1. The Morgan fingerprint density at radius 1 is 1.59 bits per heavy atom. The van der Waals surface area contributed by atoms with E-state index in [1.54, 1.807) is 18.2 Å². The molecule has 1 amide bonds. The number of hydrogen-bond donors (Lipinski definition) is 2. The quantitative estimate of drug-likeness (QED) is 0.814. The van der Waals surface area contributed by atoms with Crippen molar-refractivity contribution in [2.75, 3.05) is 24.3 Å². The van der Waals surface area contributed by atoms with Crippen molar-refractivity contribution in [3.63, 3.8) is 0 Å². The van der Waals surface area contributed by atoms with E-state index in [9.17, 15) is 4.79 Å². The molecule has 0 aliphatic carbocycles. The summed E-state index contributed by atoms with van der Waals surface area (Å²) in [7, 11) is 0. The Bertz CT molecular complexity index is 439. The second-order valence-corrected chi connectivity index (χ2v) is 4.73. The number of amides is 1. The number of hydrogen-bond acceptors (Lipinski definition) is 3. The van der Waals surface area contributed by atoms with E-state index in [1.165, 1.54) is 0 Å². The number of rotatable bonds is 3. The normalized spacial score (nSPS) is 17.3. The van der Waals surface area contributed by atoms with E-state index in [0.717, 1.165) is 6.42 Å². The summed E-state index contributed by atoms with van der Waals surface area (Å²) in [4.78, 5) is 12.1. The molecule has 17 heavy (non-hydrogen) atoms. The van der Waals surface area contributed by atoms with Crippen molar-refractivity contribution in [1.29, 1.82) is 0 Å². The number of carbonyl (C=O) groups excluding carboxylic acids is 1. The fourth-order valence-corrected chi connectivity index (χ4v) is 1.97. The van der Waals surface area contributed by atoms with Crippen LogP contribution in [0.2, 0.25) is 5.02 Å². The molecule has 92 valence electrons. The zero-order valence-electron chi connectivity index (χ0n) is 9.63. The molecule has 0 saturated carbocycles. The SMILES string of the molecule is CCC1(C(=O)Nc2ccc(N)cc2Cl)COC1. The van der Waals surface area contributed by atoms with Gasteiger partial charge in [-0.25, -0.2) is 0 Å². The van der Waals surface area contributed by atoms with Crippen molar-refractivity contribution < 1.29 is 9.53 Å². The highest BCUT2D eigenvalue weighted by Crippen LogP contribution is 2.34. The standard InChI is InChI=1S/C12H15ClN2O2/c1-2-12(6-17-7-12)11(16)15-10-4-3-8(14)5-9(10)13/h3-5H,2,6-7,14H2,1H3,(H,15,16). The lowest BCUT2D eigenvalue weighted by Crippen LogP contribution is -2.51. The number of anilines is 2. The zero-order valence-corrected chi connectivity index (χ0v) is 10.4. The van der Waals surface area contributed by atoms with Crippen LogP contribution in [-0.4, -0.2) is 19.1 Å². The Morgan fingerprint density at radius 2 is 2.29 bits per heavy atom. The topological polar surface area (TPSA) is 64.4 Å². The molecule has 3 N–H and O–H groups in total. The van der Waals surface area contributed by atoms with Crippen molar-refractivity contribution in [3.05, 3.63) is 23.2 Å². The highest BCUT2D eigenvalue weighted by molar-refractivity contribution is 6.34. The highest BCUT2D eigenvalue weighted by Gasteiger charge is 2.44. The van der Waals surface area contributed by atoms with Gasteiger partial charge in [-0.3, -0.25) is 4.79 Å². The van der Waals surface area contributed by atoms with Gasteiger partial charge in [0.2, 0.25) is 5.91 Å². The maximum atomic E-state index is 12.1. The van der Waals surface area contributed by atoms with Crippen molar-refractivity contribution in [1.82, 2.24) is 0 Å². The number of benzene rings is 1. The summed E-state index contributed by atoms with van der Waals surface area (Å²) in [6.45, 7) is 2.93. The Hall–Kier alpha value is -1.26. The molecule has 0 bridgehead atoms. The minimum Gasteiger partial charge on any atom is -0.399 e. The molecule has 1 aliphatic rings. The first-order valence-corrected chi connectivity index (χ1v) is 5.89. The van der Waals surface area contributed by atoms with E-state index in [4.69, 9.17) is 22.1 Å². The van der Waals surface area contributed by atoms with Crippen LogP contribution in [0.15, 0.2) is 18.2 Å². The molecule has 1 saturated heterocycles. The number of ether oxygens (including phenoxy) is 1. The van der Waals surface area contributed by atoms with Crippen LogP contribution in [0.3, 0.4) is 0 Å². The maximum Gasteiger partial charge on any atom is 0.235 e. The zero-order chi connectivity index (χ0) is 12.5. The Morgan fingerprint density at radius 3 is 2.76 bits per heavy atom. The van der Waals surface area contributed by atoms with E-state index in [-0.39, 0.29) is 5.91 Å². The first-order chi connectivity index (χ1) is 8.07. The molecule has 1 aliphatic heterocycles. The molecule has 1 heterocycles. The third kappa shape index (κ3) is 2.23. The molecule has 0 aromatic heterocycles. The number of carbonyl (C=O) groups is 1. The van der Waals surface area contributed by atoms with Crippen molar-refractivity contribution in [2.45, 2.75) is 13.3 Å². The second kappa shape index (κ2) is 4.55. The molecular weight excluding hydrogens is 240 g/mol. The lowest BCUT2D eigenvalue weighted by molar-refractivity contribution is -0.156. The van der Waals surface area contributed by atoms with Crippen LogP contribution in [-0.2, 0) is 9.53 Å². The largest absolute Gasteiger partial charge is 0.399 e. The van der Waals surface area contributed by atoms with E-state index >= 15 is 0 Å². The lowest BCUT2D eigenvalue weighted by atomic mass is 9.82. The van der Waals surface area contributed by atoms with Gasteiger partial charge in [-0.05, 0) is 24.6 Å². The third-order valence-corrected chi connectivity index (χ3v) is 3.47. The highest BCUT2D eigenvalue weighted by atomic mass is 35.5. The molecule has 1 aromatic carbocycles. The molecule has 1 fully saturated rings. The van der Waals surface area contributed by atoms with E-state index in [2.05, 4.69) is 5.32 Å². The van der Waals surface area contributed by atoms with E-state index < -0.39 is 5.41 Å². The summed E-state index contributed by atoms with van der Waals surface area (Å²) in [5.74, 6) is -0.0436. The van der Waals surface area contributed by atoms with E-state index in [0.29, 0.717) is 29.6 Å². The van der Waals surface area contributed by atoms with Gasteiger partial charge in [0.05, 0.1) is 29.3 Å². The number of nitrogen functional groups attached to an aromatic ring is 1. The maximum absolute atomic E-state index is 12.1. The Labute approximate surface area is 105 Å². The first-order valence-electron chi connectivity index (χ1n) is 5.51. The number of nitrogens with one attached hydrogen (secondary N) is 1. The van der Waals surface area contributed by atoms with Gasteiger partial charge in [0.1, 0.15) is 0 Å². The predicted octanol–water partition coefficient (Wildman–Crippen LogP) is 2.29. The Balaban J connectivity index is 2.13. The summed E-state index contributed by atoms with van der Waals surface area (Å²) in [6, 6.07) is 5.03. The third-order valence-electron chi connectivity index (χ3n) is 3.16. The molecule has 0 spiro atoms. The van der Waals surface area contributed by atoms with Crippen molar-refractivity contribution >= 4 is 28.9 Å².